The van der Waals surface area contributed by atoms with Crippen molar-refractivity contribution in [3.63, 3.8) is 0 Å². The maximum absolute atomic E-state index is 10.4. The van der Waals surface area contributed by atoms with E-state index >= 15 is 0 Å². The minimum atomic E-state index is -0.557. The van der Waals surface area contributed by atoms with Crippen LogP contribution in [0.1, 0.15) is 83.2 Å². The molecule has 3 heteroatoms. The number of aryl methyl sites for hydroxylation is 1. The van der Waals surface area contributed by atoms with Gasteiger partial charge in [0.15, 0.2) is 0 Å². The van der Waals surface area contributed by atoms with E-state index in [2.05, 4.69) is 116 Å². The van der Waals surface area contributed by atoms with Gasteiger partial charge in [-0.1, -0.05) is 91.8 Å². The van der Waals surface area contributed by atoms with Gasteiger partial charge in [-0.2, -0.15) is 0 Å². The van der Waals surface area contributed by atoms with Gasteiger partial charge in [0.05, 0.1) is 0 Å². The maximum atomic E-state index is 10.4. The zero-order valence-electron chi connectivity index (χ0n) is 21.5. The Morgan fingerprint density at radius 3 is 2.00 bits per heavy atom. The fourth-order valence-corrected chi connectivity index (χ4v) is 3.59. The van der Waals surface area contributed by atoms with E-state index in [1.165, 1.54) is 22.3 Å². The largest absolute Gasteiger partial charge is 0.490 e. The van der Waals surface area contributed by atoms with E-state index in [0.29, 0.717) is 12.6 Å². The first kappa shape index (κ1) is 26.2. The van der Waals surface area contributed by atoms with Gasteiger partial charge in [0.2, 0.25) is 0 Å². The average Bonchev–Trinajstić information content (AvgIpc) is 2.68. The third kappa shape index (κ3) is 7.50. The number of aliphatic hydroxyl groups excluding tert-OH is 1. The van der Waals surface area contributed by atoms with E-state index in [0.717, 1.165) is 11.3 Å². The third-order valence-corrected chi connectivity index (χ3v) is 5.55. The minimum absolute atomic E-state index is 0.0943. The number of aliphatic hydroxyl groups is 1. The standard InChI is InChI=1S/C29H43NO2/c1-20(2)30-18-24(31)19-32-27-25(28(4,5)6)16-22(17-26(27)29(7,8)9)14-15-23-13-11-10-12-21(23)3/h10-17,20,24,30-31H,18-19H2,1-9H3/b15-14+. The van der Waals surface area contributed by atoms with E-state index in [-0.39, 0.29) is 17.4 Å². The van der Waals surface area contributed by atoms with Crippen molar-refractivity contribution in [3.05, 3.63) is 64.2 Å². The summed E-state index contributed by atoms with van der Waals surface area (Å²) in [6, 6.07) is 13.2. The van der Waals surface area contributed by atoms with Crippen molar-refractivity contribution in [2.45, 2.75) is 85.3 Å². The van der Waals surface area contributed by atoms with Crippen LogP contribution in [0.5, 0.6) is 5.75 Å². The molecule has 2 aromatic carbocycles. The molecular weight excluding hydrogens is 394 g/mol. The second kappa shape index (κ2) is 10.7. The van der Waals surface area contributed by atoms with Gasteiger partial charge in [0.25, 0.3) is 0 Å². The lowest BCUT2D eigenvalue weighted by Crippen LogP contribution is -2.35. The smallest absolute Gasteiger partial charge is 0.126 e. The Hall–Kier alpha value is -2.10. The lowest BCUT2D eigenvalue weighted by Gasteiger charge is -2.31. The average molecular weight is 438 g/mol. The second-order valence-electron chi connectivity index (χ2n) is 11.2. The van der Waals surface area contributed by atoms with Gasteiger partial charge in [-0.15, -0.1) is 0 Å². The van der Waals surface area contributed by atoms with Crippen molar-refractivity contribution in [2.75, 3.05) is 13.2 Å². The van der Waals surface area contributed by atoms with Gasteiger partial charge in [-0.3, -0.25) is 0 Å². The monoisotopic (exact) mass is 437 g/mol. The van der Waals surface area contributed by atoms with Crippen molar-refractivity contribution in [2.24, 2.45) is 0 Å². The zero-order valence-corrected chi connectivity index (χ0v) is 21.5. The molecule has 2 aromatic rings. The van der Waals surface area contributed by atoms with E-state index in [4.69, 9.17) is 4.74 Å². The molecule has 0 aromatic heterocycles. The number of benzene rings is 2. The molecule has 0 fully saturated rings. The van der Waals surface area contributed by atoms with Crippen LogP contribution in [0.3, 0.4) is 0 Å². The van der Waals surface area contributed by atoms with Crippen LogP contribution in [-0.4, -0.2) is 30.4 Å². The molecular formula is C29H43NO2. The highest BCUT2D eigenvalue weighted by molar-refractivity contribution is 5.73. The van der Waals surface area contributed by atoms with Crippen molar-refractivity contribution in [3.8, 4) is 5.75 Å². The summed E-state index contributed by atoms with van der Waals surface area (Å²) in [6.45, 7) is 20.4. The first-order valence-corrected chi connectivity index (χ1v) is 11.8. The SMILES string of the molecule is Cc1ccccc1/C=C/c1cc(C(C)(C)C)c(OCC(O)CNC(C)C)c(C(C)(C)C)c1. The Bertz CT molecular complexity index is 878. The summed E-state index contributed by atoms with van der Waals surface area (Å²) in [5.74, 6) is 0.904. The lowest BCUT2D eigenvalue weighted by molar-refractivity contribution is 0.102. The van der Waals surface area contributed by atoms with Crippen molar-refractivity contribution >= 4 is 12.2 Å². The molecule has 0 aliphatic rings. The van der Waals surface area contributed by atoms with Crippen LogP contribution in [0.2, 0.25) is 0 Å². The Kier molecular flexibility index (Phi) is 8.73. The molecule has 0 aliphatic heterocycles. The summed E-state index contributed by atoms with van der Waals surface area (Å²) < 4.78 is 6.34. The number of rotatable bonds is 8. The van der Waals surface area contributed by atoms with Gasteiger partial charge >= 0.3 is 0 Å². The molecule has 2 N–H and O–H groups in total. The van der Waals surface area contributed by atoms with Gasteiger partial charge in [0, 0.05) is 23.7 Å². The maximum Gasteiger partial charge on any atom is 0.126 e. The highest BCUT2D eigenvalue weighted by Crippen LogP contribution is 2.41. The first-order chi connectivity index (χ1) is 14.8. The van der Waals surface area contributed by atoms with Crippen LogP contribution in [0.4, 0.5) is 0 Å². The van der Waals surface area contributed by atoms with Crippen molar-refractivity contribution in [1.82, 2.24) is 5.32 Å². The molecule has 0 saturated carbocycles. The minimum Gasteiger partial charge on any atom is -0.490 e. The fraction of sp³-hybridized carbons (Fsp3) is 0.517. The molecule has 0 spiro atoms. The van der Waals surface area contributed by atoms with Crippen LogP contribution in [0, 0.1) is 6.92 Å². The molecule has 0 saturated heterocycles. The molecule has 0 heterocycles. The van der Waals surface area contributed by atoms with Crippen LogP contribution in [0.15, 0.2) is 36.4 Å². The number of hydrogen-bond acceptors (Lipinski definition) is 3. The molecule has 2 rings (SSSR count). The second-order valence-corrected chi connectivity index (χ2v) is 11.2. The Balaban J connectivity index is 2.47. The van der Waals surface area contributed by atoms with Crippen LogP contribution in [-0.2, 0) is 10.8 Å². The zero-order chi connectivity index (χ0) is 24.1. The predicted octanol–water partition coefficient (Wildman–Crippen LogP) is 6.50. The normalized spacial score (nSPS) is 13.7. The summed E-state index contributed by atoms with van der Waals surface area (Å²) in [4.78, 5) is 0. The van der Waals surface area contributed by atoms with Gasteiger partial charge in [-0.05, 0) is 46.6 Å². The molecule has 0 bridgehead atoms. The summed E-state index contributed by atoms with van der Waals surface area (Å²) in [5, 5.41) is 13.7. The van der Waals surface area contributed by atoms with Crippen LogP contribution < -0.4 is 10.1 Å². The number of nitrogens with one attached hydrogen (secondary N) is 1. The van der Waals surface area contributed by atoms with Crippen molar-refractivity contribution in [1.29, 1.82) is 0 Å². The highest BCUT2D eigenvalue weighted by Gasteiger charge is 2.28. The Morgan fingerprint density at radius 1 is 0.938 bits per heavy atom. The Labute approximate surface area is 195 Å². The number of ether oxygens (including phenoxy) is 1. The quantitative estimate of drug-likeness (QED) is 0.463. The molecule has 176 valence electrons. The van der Waals surface area contributed by atoms with E-state index in [1.54, 1.807) is 0 Å². The summed E-state index contributed by atoms with van der Waals surface area (Å²) in [5.41, 5.74) is 5.80. The summed E-state index contributed by atoms with van der Waals surface area (Å²) >= 11 is 0. The van der Waals surface area contributed by atoms with Gasteiger partial charge in [0.1, 0.15) is 18.5 Å². The van der Waals surface area contributed by atoms with Crippen LogP contribution >= 0.6 is 0 Å². The first-order valence-electron chi connectivity index (χ1n) is 11.8. The third-order valence-electron chi connectivity index (χ3n) is 5.55. The van der Waals surface area contributed by atoms with E-state index in [9.17, 15) is 5.11 Å². The molecule has 3 nitrogen and oxygen atoms in total. The van der Waals surface area contributed by atoms with Crippen molar-refractivity contribution < 1.29 is 9.84 Å². The van der Waals surface area contributed by atoms with E-state index in [1.807, 2.05) is 0 Å². The van der Waals surface area contributed by atoms with Gasteiger partial charge < -0.3 is 15.2 Å². The molecule has 1 unspecified atom stereocenters. The Morgan fingerprint density at radius 2 is 1.50 bits per heavy atom. The molecule has 1 atom stereocenters. The molecule has 0 amide bonds. The molecule has 32 heavy (non-hydrogen) atoms. The molecule has 0 radical (unpaired) electrons. The lowest BCUT2D eigenvalue weighted by atomic mass is 9.78. The summed E-state index contributed by atoms with van der Waals surface area (Å²) in [6.07, 6.45) is 3.82. The number of hydrogen-bond donors (Lipinski definition) is 2. The van der Waals surface area contributed by atoms with Gasteiger partial charge in [-0.25, -0.2) is 0 Å². The summed E-state index contributed by atoms with van der Waals surface area (Å²) in [7, 11) is 0. The van der Waals surface area contributed by atoms with Crippen LogP contribution in [0.25, 0.3) is 12.2 Å². The van der Waals surface area contributed by atoms with E-state index < -0.39 is 6.10 Å². The highest BCUT2D eigenvalue weighted by atomic mass is 16.5. The predicted molar refractivity (Wildman–Crippen MR) is 139 cm³/mol. The topological polar surface area (TPSA) is 41.5 Å². The molecule has 0 aliphatic carbocycles. The fourth-order valence-electron chi connectivity index (χ4n) is 3.59.